The Balaban J connectivity index is 2.24. The molecule has 116 valence electrons. The fraction of sp³-hybridized carbons (Fsp3) is 0.176. The number of hydrogen-bond acceptors (Lipinski definition) is 5. The summed E-state index contributed by atoms with van der Waals surface area (Å²) in [5, 5.41) is 17.5. The van der Waals surface area contributed by atoms with E-state index >= 15 is 0 Å². The van der Waals surface area contributed by atoms with Gasteiger partial charge in [0.1, 0.15) is 11.4 Å². The minimum Gasteiger partial charge on any atom is -0.384 e. The van der Waals surface area contributed by atoms with E-state index in [1.54, 1.807) is 26.1 Å². The van der Waals surface area contributed by atoms with Gasteiger partial charge in [0.25, 0.3) is 0 Å². The molecule has 2 heterocycles. The molecule has 0 spiro atoms. The third-order valence-electron chi connectivity index (χ3n) is 3.32. The number of benzene rings is 1. The lowest BCUT2D eigenvalue weighted by Gasteiger charge is -2.07. The summed E-state index contributed by atoms with van der Waals surface area (Å²) in [5.41, 5.74) is 13.9. The van der Waals surface area contributed by atoms with Crippen molar-refractivity contribution >= 4 is 22.5 Å². The molecule has 3 aromatic rings. The van der Waals surface area contributed by atoms with Gasteiger partial charge in [0.15, 0.2) is 5.82 Å². The summed E-state index contributed by atoms with van der Waals surface area (Å²) in [4.78, 5) is 4.00. The molecule has 6 N–H and O–H groups in total. The monoisotopic (exact) mass is 307 g/mol. The van der Waals surface area contributed by atoms with Gasteiger partial charge in [-0.3, -0.25) is 5.10 Å². The SMILES string of the molecule is CC(C)(O)C#Cc1cc(-c2ccnc(N)c2)cc2c(N)n[nH]c12. The number of nitrogens with one attached hydrogen (secondary N) is 1. The molecule has 0 aliphatic rings. The number of nitrogens with two attached hydrogens (primary N) is 2. The number of H-pyrrole nitrogens is 1. The lowest BCUT2D eigenvalue weighted by Crippen LogP contribution is -2.14. The topological polar surface area (TPSA) is 114 Å². The maximum absolute atomic E-state index is 9.83. The first-order valence-electron chi connectivity index (χ1n) is 7.08. The second-order valence-electron chi connectivity index (χ2n) is 5.83. The van der Waals surface area contributed by atoms with Gasteiger partial charge in [-0.25, -0.2) is 4.98 Å². The molecule has 0 aliphatic carbocycles. The number of fused-ring (bicyclic) bond motifs is 1. The summed E-state index contributed by atoms with van der Waals surface area (Å²) in [7, 11) is 0. The van der Waals surface area contributed by atoms with Crippen molar-refractivity contribution in [1.29, 1.82) is 0 Å². The fourth-order valence-corrected chi connectivity index (χ4v) is 2.25. The Morgan fingerprint density at radius 2 is 1.96 bits per heavy atom. The molecule has 6 nitrogen and oxygen atoms in total. The van der Waals surface area contributed by atoms with Crippen molar-refractivity contribution in [2.45, 2.75) is 19.4 Å². The molecule has 0 bridgehead atoms. The van der Waals surface area contributed by atoms with Crippen LogP contribution in [0.5, 0.6) is 0 Å². The smallest absolute Gasteiger partial charge is 0.153 e. The molecule has 0 atom stereocenters. The summed E-state index contributed by atoms with van der Waals surface area (Å²) in [6.45, 7) is 3.26. The van der Waals surface area contributed by atoms with Crippen molar-refractivity contribution in [1.82, 2.24) is 15.2 Å². The van der Waals surface area contributed by atoms with E-state index in [-0.39, 0.29) is 0 Å². The van der Waals surface area contributed by atoms with Gasteiger partial charge in [-0.15, -0.1) is 0 Å². The average Bonchev–Trinajstić information content (AvgIpc) is 2.86. The molecule has 0 saturated heterocycles. The zero-order chi connectivity index (χ0) is 16.6. The van der Waals surface area contributed by atoms with E-state index in [0.717, 1.165) is 22.0 Å². The lowest BCUT2D eigenvalue weighted by atomic mass is 10.00. The van der Waals surface area contributed by atoms with Gasteiger partial charge in [-0.1, -0.05) is 11.8 Å². The number of aliphatic hydroxyl groups is 1. The molecule has 3 rings (SSSR count). The molecule has 0 radical (unpaired) electrons. The highest BCUT2D eigenvalue weighted by Gasteiger charge is 2.11. The quantitative estimate of drug-likeness (QED) is 0.513. The van der Waals surface area contributed by atoms with Crippen LogP contribution in [0, 0.1) is 11.8 Å². The van der Waals surface area contributed by atoms with Crippen molar-refractivity contribution < 1.29 is 5.11 Å². The number of aromatic amines is 1. The van der Waals surface area contributed by atoms with E-state index < -0.39 is 5.60 Å². The molecule has 1 aromatic carbocycles. The molecule has 23 heavy (non-hydrogen) atoms. The molecule has 0 aliphatic heterocycles. The highest BCUT2D eigenvalue weighted by atomic mass is 16.3. The molecule has 0 amide bonds. The van der Waals surface area contributed by atoms with E-state index in [0.29, 0.717) is 17.2 Å². The third-order valence-corrected chi connectivity index (χ3v) is 3.32. The second kappa shape index (κ2) is 5.30. The number of pyridine rings is 1. The van der Waals surface area contributed by atoms with E-state index in [2.05, 4.69) is 27.0 Å². The van der Waals surface area contributed by atoms with Gasteiger partial charge in [0.2, 0.25) is 0 Å². The van der Waals surface area contributed by atoms with Crippen molar-refractivity contribution in [3.05, 3.63) is 36.0 Å². The van der Waals surface area contributed by atoms with E-state index in [1.165, 1.54) is 0 Å². The Kier molecular flexibility index (Phi) is 3.43. The maximum atomic E-state index is 9.83. The van der Waals surface area contributed by atoms with Crippen LogP contribution in [0.2, 0.25) is 0 Å². The Labute approximate surface area is 133 Å². The van der Waals surface area contributed by atoms with Crippen LogP contribution >= 0.6 is 0 Å². The summed E-state index contributed by atoms with van der Waals surface area (Å²) in [6.07, 6.45) is 1.65. The van der Waals surface area contributed by atoms with Gasteiger partial charge in [0.05, 0.1) is 11.1 Å². The van der Waals surface area contributed by atoms with E-state index in [1.807, 2.05) is 18.2 Å². The number of aromatic nitrogens is 3. The van der Waals surface area contributed by atoms with Crippen LogP contribution in [0.4, 0.5) is 11.6 Å². The highest BCUT2D eigenvalue weighted by molar-refractivity contribution is 5.96. The number of hydrogen-bond donors (Lipinski definition) is 4. The minimum atomic E-state index is -1.09. The van der Waals surface area contributed by atoms with Crippen LogP contribution in [-0.2, 0) is 0 Å². The van der Waals surface area contributed by atoms with Crippen molar-refractivity contribution in [3.63, 3.8) is 0 Å². The number of rotatable bonds is 1. The van der Waals surface area contributed by atoms with E-state index in [9.17, 15) is 5.11 Å². The molecule has 0 saturated carbocycles. The van der Waals surface area contributed by atoms with Crippen LogP contribution < -0.4 is 11.5 Å². The predicted molar refractivity (Wildman–Crippen MR) is 91.3 cm³/mol. The first kappa shape index (κ1) is 14.9. The third kappa shape index (κ3) is 3.10. The minimum absolute atomic E-state index is 0.398. The highest BCUT2D eigenvalue weighted by Crippen LogP contribution is 2.29. The van der Waals surface area contributed by atoms with Gasteiger partial charge in [-0.05, 0) is 49.2 Å². The van der Waals surface area contributed by atoms with Crippen LogP contribution in [0.1, 0.15) is 19.4 Å². The summed E-state index contributed by atoms with van der Waals surface area (Å²) in [6, 6.07) is 7.48. The largest absolute Gasteiger partial charge is 0.384 e. The normalized spacial score (nSPS) is 11.3. The van der Waals surface area contributed by atoms with Crippen molar-refractivity contribution in [2.75, 3.05) is 11.5 Å². The number of nitrogen functional groups attached to an aromatic ring is 2. The summed E-state index contributed by atoms with van der Waals surface area (Å²) < 4.78 is 0. The molecular weight excluding hydrogens is 290 g/mol. The van der Waals surface area contributed by atoms with Gasteiger partial charge < -0.3 is 16.6 Å². The van der Waals surface area contributed by atoms with Crippen LogP contribution in [-0.4, -0.2) is 25.9 Å². The lowest BCUT2D eigenvalue weighted by molar-refractivity contribution is 0.143. The second-order valence-corrected chi connectivity index (χ2v) is 5.83. The molecule has 0 unspecified atom stereocenters. The number of nitrogens with zero attached hydrogens (tertiary/aromatic N) is 2. The zero-order valence-electron chi connectivity index (χ0n) is 12.9. The summed E-state index contributed by atoms with van der Waals surface area (Å²) in [5.74, 6) is 6.64. The van der Waals surface area contributed by atoms with Crippen LogP contribution in [0.15, 0.2) is 30.5 Å². The van der Waals surface area contributed by atoms with Crippen molar-refractivity contribution in [2.24, 2.45) is 0 Å². The van der Waals surface area contributed by atoms with Crippen LogP contribution in [0.25, 0.3) is 22.0 Å². The van der Waals surface area contributed by atoms with E-state index in [4.69, 9.17) is 11.5 Å². The van der Waals surface area contributed by atoms with Crippen molar-refractivity contribution in [3.8, 4) is 23.0 Å². The maximum Gasteiger partial charge on any atom is 0.153 e. The Hall–Kier alpha value is -3.04. The van der Waals surface area contributed by atoms with Gasteiger partial charge in [0, 0.05) is 11.6 Å². The molecule has 0 fully saturated rings. The number of anilines is 2. The fourth-order valence-electron chi connectivity index (χ4n) is 2.25. The van der Waals surface area contributed by atoms with Gasteiger partial charge >= 0.3 is 0 Å². The zero-order valence-corrected chi connectivity index (χ0v) is 12.9. The Morgan fingerprint density at radius 1 is 1.17 bits per heavy atom. The first-order valence-corrected chi connectivity index (χ1v) is 7.08. The predicted octanol–water partition coefficient (Wildman–Crippen LogP) is 1.91. The van der Waals surface area contributed by atoms with Crippen LogP contribution in [0.3, 0.4) is 0 Å². The average molecular weight is 307 g/mol. The Bertz CT molecular complexity index is 941. The Morgan fingerprint density at radius 3 is 2.65 bits per heavy atom. The molecular formula is C17H17N5O. The molecule has 2 aromatic heterocycles. The van der Waals surface area contributed by atoms with Gasteiger partial charge in [-0.2, -0.15) is 5.10 Å². The molecule has 6 heteroatoms. The first-order chi connectivity index (χ1) is 10.8. The summed E-state index contributed by atoms with van der Waals surface area (Å²) >= 11 is 0. The standard InChI is InChI=1S/C17H17N5O/c1-17(2,23)5-3-11-7-12(10-4-6-20-14(18)9-10)8-13-15(11)21-22-16(13)19/h4,6-9,23H,1-2H3,(H2,18,20)(H3,19,21,22).